The third kappa shape index (κ3) is 4.19. The van der Waals surface area contributed by atoms with E-state index in [1.165, 1.54) is 5.56 Å². The van der Waals surface area contributed by atoms with E-state index in [0.717, 1.165) is 29.7 Å². The molecule has 2 unspecified atom stereocenters. The maximum atomic E-state index is 9.49. The van der Waals surface area contributed by atoms with Crippen molar-refractivity contribution < 1.29 is 9.84 Å². The van der Waals surface area contributed by atoms with Gasteiger partial charge in [0.2, 0.25) is 0 Å². The lowest BCUT2D eigenvalue weighted by Gasteiger charge is -2.36. The molecule has 0 amide bonds. The highest BCUT2D eigenvalue weighted by Crippen LogP contribution is 2.29. The van der Waals surface area contributed by atoms with E-state index in [9.17, 15) is 5.11 Å². The van der Waals surface area contributed by atoms with Crippen LogP contribution in [0.3, 0.4) is 0 Å². The monoisotopic (exact) mass is 356 g/mol. The van der Waals surface area contributed by atoms with Gasteiger partial charge in [0.05, 0.1) is 25.9 Å². The molecule has 0 radical (unpaired) electrons. The number of hydrogen-bond donors (Lipinski definition) is 2. The Morgan fingerprint density at radius 2 is 2.33 bits per heavy atom. The molecule has 1 fully saturated rings. The van der Waals surface area contributed by atoms with Gasteiger partial charge in [-0.05, 0) is 37.6 Å². The van der Waals surface area contributed by atoms with Crippen molar-refractivity contribution in [1.82, 2.24) is 5.32 Å². The van der Waals surface area contributed by atoms with Gasteiger partial charge in [-0.2, -0.15) is 0 Å². The number of ether oxygens (including phenoxy) is 1. The number of anilines is 1. The molecule has 1 heterocycles. The van der Waals surface area contributed by atoms with Gasteiger partial charge >= 0.3 is 0 Å². The number of nitrogens with one attached hydrogen (secondary N) is 1. The first-order valence-corrected chi connectivity index (χ1v) is 8.44. The molecular weight excluding hydrogens is 332 g/mol. The van der Waals surface area contributed by atoms with Crippen LogP contribution in [0.2, 0.25) is 0 Å². The van der Waals surface area contributed by atoms with Gasteiger partial charge in [0.25, 0.3) is 0 Å². The lowest BCUT2D eigenvalue weighted by molar-refractivity contribution is 0.0727. The quantitative estimate of drug-likeness (QED) is 0.822. The third-order valence-corrected chi connectivity index (χ3v) is 4.61. The molecule has 1 aromatic carbocycles. The number of halogens is 1. The summed E-state index contributed by atoms with van der Waals surface area (Å²) in [6.07, 6.45) is 1.13. The highest BCUT2D eigenvalue weighted by molar-refractivity contribution is 9.10. The van der Waals surface area contributed by atoms with Crippen LogP contribution < -0.4 is 10.2 Å². The summed E-state index contributed by atoms with van der Waals surface area (Å²) in [5.74, 6) is 0. The van der Waals surface area contributed by atoms with Crippen molar-refractivity contribution in [1.29, 1.82) is 0 Å². The predicted octanol–water partition coefficient (Wildman–Crippen LogP) is 2.71. The third-order valence-electron chi connectivity index (χ3n) is 3.92. The standard InChI is InChI=1S/C16H25BrN2O2/c1-3-6-18-12(2)15-5-4-13(9-16(15)17)19-7-8-21-11-14(19)10-20/h4-5,9,12,14,18,20H,3,6-8,10-11H2,1-2H3. The number of benzene rings is 1. The van der Waals surface area contributed by atoms with Crippen LogP contribution in [0.5, 0.6) is 0 Å². The Morgan fingerprint density at radius 3 is 3.00 bits per heavy atom. The van der Waals surface area contributed by atoms with E-state index < -0.39 is 0 Å². The Kier molecular flexibility index (Phi) is 6.48. The first-order valence-electron chi connectivity index (χ1n) is 7.65. The molecule has 21 heavy (non-hydrogen) atoms. The summed E-state index contributed by atoms with van der Waals surface area (Å²) in [6, 6.07) is 6.82. The second-order valence-corrected chi connectivity index (χ2v) is 6.34. The molecule has 0 aliphatic carbocycles. The Balaban J connectivity index is 2.14. The van der Waals surface area contributed by atoms with E-state index in [1.54, 1.807) is 0 Å². The molecule has 0 spiro atoms. The molecule has 0 aromatic heterocycles. The van der Waals surface area contributed by atoms with E-state index >= 15 is 0 Å². The average molecular weight is 357 g/mol. The van der Waals surface area contributed by atoms with Gasteiger partial charge < -0.3 is 20.1 Å². The molecule has 2 atom stereocenters. The van der Waals surface area contributed by atoms with Crippen LogP contribution in [0.1, 0.15) is 31.9 Å². The number of aliphatic hydroxyl groups excluding tert-OH is 1. The van der Waals surface area contributed by atoms with Crippen LogP contribution in [0, 0.1) is 0 Å². The summed E-state index contributed by atoms with van der Waals surface area (Å²) in [6.45, 7) is 7.61. The maximum Gasteiger partial charge on any atom is 0.0755 e. The molecule has 1 aliphatic rings. The van der Waals surface area contributed by atoms with Crippen molar-refractivity contribution >= 4 is 21.6 Å². The first kappa shape index (κ1) is 16.7. The van der Waals surface area contributed by atoms with Gasteiger partial charge in [-0.25, -0.2) is 0 Å². The molecule has 0 saturated carbocycles. The number of nitrogens with zero attached hydrogens (tertiary/aromatic N) is 1. The summed E-state index contributed by atoms with van der Waals surface area (Å²) in [7, 11) is 0. The van der Waals surface area contributed by atoms with Crippen molar-refractivity contribution in [2.45, 2.75) is 32.4 Å². The zero-order chi connectivity index (χ0) is 15.2. The van der Waals surface area contributed by atoms with Crippen LogP contribution in [0.25, 0.3) is 0 Å². The van der Waals surface area contributed by atoms with Crippen molar-refractivity contribution in [2.75, 3.05) is 37.8 Å². The maximum absolute atomic E-state index is 9.49. The summed E-state index contributed by atoms with van der Waals surface area (Å²) in [5, 5.41) is 13.0. The lowest BCUT2D eigenvalue weighted by Crippen LogP contribution is -2.47. The van der Waals surface area contributed by atoms with E-state index in [-0.39, 0.29) is 12.6 Å². The second kappa shape index (κ2) is 8.13. The van der Waals surface area contributed by atoms with Crippen LogP contribution in [0.15, 0.2) is 22.7 Å². The zero-order valence-corrected chi connectivity index (χ0v) is 14.4. The van der Waals surface area contributed by atoms with Crippen LogP contribution in [0.4, 0.5) is 5.69 Å². The van der Waals surface area contributed by atoms with E-state index in [2.05, 4.69) is 58.2 Å². The minimum atomic E-state index is 0.0483. The van der Waals surface area contributed by atoms with Gasteiger partial charge in [-0.3, -0.25) is 0 Å². The summed E-state index contributed by atoms with van der Waals surface area (Å²) in [5.41, 5.74) is 2.40. The number of aliphatic hydroxyl groups is 1. The highest BCUT2D eigenvalue weighted by Gasteiger charge is 2.23. The van der Waals surface area contributed by atoms with E-state index in [4.69, 9.17) is 4.74 Å². The molecule has 0 bridgehead atoms. The number of morpholine rings is 1. The summed E-state index contributed by atoms with van der Waals surface area (Å²) >= 11 is 3.69. The van der Waals surface area contributed by atoms with Crippen molar-refractivity contribution in [3.05, 3.63) is 28.2 Å². The average Bonchev–Trinajstić information content (AvgIpc) is 2.52. The molecule has 1 aliphatic heterocycles. The normalized spacial score (nSPS) is 20.6. The Bertz CT molecular complexity index is 456. The summed E-state index contributed by atoms with van der Waals surface area (Å²) < 4.78 is 6.55. The molecule has 1 aromatic rings. The fourth-order valence-corrected chi connectivity index (χ4v) is 3.37. The highest BCUT2D eigenvalue weighted by atomic mass is 79.9. The van der Waals surface area contributed by atoms with Crippen molar-refractivity contribution in [3.8, 4) is 0 Å². The zero-order valence-electron chi connectivity index (χ0n) is 12.8. The molecule has 2 N–H and O–H groups in total. The van der Waals surface area contributed by atoms with Crippen molar-refractivity contribution in [2.24, 2.45) is 0 Å². The smallest absolute Gasteiger partial charge is 0.0755 e. The topological polar surface area (TPSA) is 44.7 Å². The van der Waals surface area contributed by atoms with E-state index in [0.29, 0.717) is 19.3 Å². The summed E-state index contributed by atoms with van der Waals surface area (Å²) in [4.78, 5) is 2.22. The second-order valence-electron chi connectivity index (χ2n) is 5.49. The largest absolute Gasteiger partial charge is 0.394 e. The van der Waals surface area contributed by atoms with Crippen LogP contribution in [-0.4, -0.2) is 44.1 Å². The van der Waals surface area contributed by atoms with Gasteiger partial charge in [-0.15, -0.1) is 0 Å². The Labute approximate surface area is 135 Å². The number of hydrogen-bond acceptors (Lipinski definition) is 4. The minimum Gasteiger partial charge on any atom is -0.394 e. The molecule has 4 nitrogen and oxygen atoms in total. The van der Waals surface area contributed by atoms with Gasteiger partial charge in [0.1, 0.15) is 0 Å². The molecular formula is C16H25BrN2O2. The van der Waals surface area contributed by atoms with Gasteiger partial charge in [-0.1, -0.05) is 28.9 Å². The van der Waals surface area contributed by atoms with Gasteiger partial charge in [0.15, 0.2) is 0 Å². The van der Waals surface area contributed by atoms with Crippen LogP contribution >= 0.6 is 15.9 Å². The predicted molar refractivity (Wildman–Crippen MR) is 89.9 cm³/mol. The molecule has 1 saturated heterocycles. The van der Waals surface area contributed by atoms with Gasteiger partial charge in [0, 0.05) is 22.7 Å². The van der Waals surface area contributed by atoms with Crippen LogP contribution in [-0.2, 0) is 4.74 Å². The Hall–Kier alpha value is -0.620. The van der Waals surface area contributed by atoms with Crippen molar-refractivity contribution in [3.63, 3.8) is 0 Å². The fourth-order valence-electron chi connectivity index (χ4n) is 2.66. The number of rotatable bonds is 6. The first-order chi connectivity index (χ1) is 10.2. The minimum absolute atomic E-state index is 0.0483. The fraction of sp³-hybridized carbons (Fsp3) is 0.625. The molecule has 2 rings (SSSR count). The lowest BCUT2D eigenvalue weighted by atomic mass is 10.1. The molecule has 118 valence electrons. The Morgan fingerprint density at radius 1 is 1.52 bits per heavy atom. The SMILES string of the molecule is CCCNC(C)c1ccc(N2CCOCC2CO)cc1Br. The van der Waals surface area contributed by atoms with E-state index in [1.807, 2.05) is 0 Å². The molecule has 5 heteroatoms.